The minimum absolute atomic E-state index is 0.0245. The van der Waals surface area contributed by atoms with Crippen molar-refractivity contribution in [3.8, 4) is 0 Å². The number of aromatic nitrogens is 1. The highest BCUT2D eigenvalue weighted by atomic mass is 32.2. The van der Waals surface area contributed by atoms with E-state index in [9.17, 15) is 9.59 Å². The van der Waals surface area contributed by atoms with Crippen LogP contribution in [-0.2, 0) is 9.59 Å². The summed E-state index contributed by atoms with van der Waals surface area (Å²) in [4.78, 5) is 31.2. The number of fused-ring (bicyclic) bond motifs is 1. The first-order chi connectivity index (χ1) is 13.2. The van der Waals surface area contributed by atoms with E-state index in [1.54, 1.807) is 4.90 Å². The molecule has 0 atom stereocenters. The maximum atomic E-state index is 12.7. The normalized spacial score (nSPS) is 17.8. The van der Waals surface area contributed by atoms with Crippen LogP contribution >= 0.6 is 11.8 Å². The first-order valence-corrected chi connectivity index (χ1v) is 10.7. The maximum Gasteiger partial charge on any atom is 0.257 e. The van der Waals surface area contributed by atoms with Crippen molar-refractivity contribution in [2.45, 2.75) is 62.3 Å². The van der Waals surface area contributed by atoms with E-state index in [0.717, 1.165) is 36.8 Å². The Balaban J connectivity index is 1.31. The van der Waals surface area contributed by atoms with Gasteiger partial charge in [0.25, 0.3) is 5.22 Å². The van der Waals surface area contributed by atoms with Crippen LogP contribution in [0.5, 0.6) is 0 Å². The van der Waals surface area contributed by atoms with Crippen molar-refractivity contribution < 1.29 is 14.0 Å². The summed E-state index contributed by atoms with van der Waals surface area (Å²) in [5.74, 6) is 0.178. The molecule has 1 aromatic carbocycles. The second kappa shape index (κ2) is 8.33. The summed E-state index contributed by atoms with van der Waals surface area (Å²) >= 11 is 1.29. The lowest BCUT2D eigenvalue weighted by Crippen LogP contribution is -2.46. The van der Waals surface area contributed by atoms with Gasteiger partial charge in [-0.3, -0.25) is 9.59 Å². The zero-order chi connectivity index (χ0) is 18.6. The van der Waals surface area contributed by atoms with Crippen LogP contribution in [0.2, 0.25) is 0 Å². The topological polar surface area (TPSA) is 75.4 Å². The number of thioether (sulfide) groups is 1. The van der Waals surface area contributed by atoms with Crippen LogP contribution in [0.25, 0.3) is 11.1 Å². The number of rotatable bonds is 7. The Kier molecular flexibility index (Phi) is 5.66. The summed E-state index contributed by atoms with van der Waals surface area (Å²) in [6.07, 6.45) is 7.68. The maximum absolute atomic E-state index is 12.7. The van der Waals surface area contributed by atoms with E-state index < -0.39 is 0 Å². The molecule has 2 fully saturated rings. The number of nitrogens with zero attached hydrogens (tertiary/aromatic N) is 2. The smallest absolute Gasteiger partial charge is 0.257 e. The molecular weight excluding hydrogens is 362 g/mol. The number of benzene rings is 1. The van der Waals surface area contributed by atoms with Crippen molar-refractivity contribution in [2.24, 2.45) is 0 Å². The highest BCUT2D eigenvalue weighted by Crippen LogP contribution is 2.29. The first kappa shape index (κ1) is 18.3. The lowest BCUT2D eigenvalue weighted by molar-refractivity contribution is -0.134. The summed E-state index contributed by atoms with van der Waals surface area (Å²) in [6.45, 7) is 0.161. The van der Waals surface area contributed by atoms with E-state index in [1.165, 1.54) is 31.0 Å². The Bertz CT molecular complexity index is 779. The van der Waals surface area contributed by atoms with Gasteiger partial charge in [0.05, 0.1) is 12.3 Å². The fourth-order valence-electron chi connectivity index (χ4n) is 3.60. The van der Waals surface area contributed by atoms with Crippen LogP contribution in [0.1, 0.15) is 44.9 Å². The van der Waals surface area contributed by atoms with Gasteiger partial charge >= 0.3 is 0 Å². The van der Waals surface area contributed by atoms with E-state index in [4.69, 9.17) is 4.42 Å². The van der Waals surface area contributed by atoms with E-state index >= 15 is 0 Å². The molecule has 1 N–H and O–H groups in total. The molecule has 27 heavy (non-hydrogen) atoms. The Morgan fingerprint density at radius 3 is 2.67 bits per heavy atom. The van der Waals surface area contributed by atoms with E-state index in [2.05, 4.69) is 10.3 Å². The van der Waals surface area contributed by atoms with Gasteiger partial charge in [0.2, 0.25) is 11.8 Å². The fourth-order valence-corrected chi connectivity index (χ4v) is 4.33. The third kappa shape index (κ3) is 4.83. The minimum Gasteiger partial charge on any atom is -0.431 e. The van der Waals surface area contributed by atoms with Gasteiger partial charge in [0.15, 0.2) is 5.58 Å². The number of hydrogen-bond acceptors (Lipinski definition) is 5. The molecule has 1 heterocycles. The number of amides is 2. The van der Waals surface area contributed by atoms with Crippen LogP contribution in [0.4, 0.5) is 0 Å². The van der Waals surface area contributed by atoms with Crippen molar-refractivity contribution in [3.05, 3.63) is 24.3 Å². The molecule has 2 amide bonds. The Morgan fingerprint density at radius 1 is 1.15 bits per heavy atom. The van der Waals surface area contributed by atoms with Gasteiger partial charge < -0.3 is 14.6 Å². The van der Waals surface area contributed by atoms with Gasteiger partial charge in [-0.25, -0.2) is 4.98 Å². The SMILES string of the molecule is O=C(CN(C(=O)CSc1nc2ccccc2o1)C1CC1)NC1CCCCC1. The predicted molar refractivity (Wildman–Crippen MR) is 104 cm³/mol. The molecule has 0 radical (unpaired) electrons. The molecule has 2 aliphatic rings. The predicted octanol–water partition coefficient (Wildman–Crippen LogP) is 3.36. The molecule has 0 aliphatic heterocycles. The Labute approximate surface area is 163 Å². The molecule has 0 saturated heterocycles. The fraction of sp³-hybridized carbons (Fsp3) is 0.550. The van der Waals surface area contributed by atoms with Gasteiger partial charge in [-0.2, -0.15) is 0 Å². The number of oxazole rings is 1. The quantitative estimate of drug-likeness (QED) is 0.738. The molecule has 0 spiro atoms. The van der Waals surface area contributed by atoms with Crippen LogP contribution in [0.15, 0.2) is 33.9 Å². The van der Waals surface area contributed by atoms with Crippen molar-refractivity contribution in [1.82, 2.24) is 15.2 Å². The molecule has 0 bridgehead atoms. The third-order valence-corrected chi connectivity index (χ3v) is 6.00. The molecule has 2 aliphatic carbocycles. The number of carbonyl (C=O) groups is 2. The standard InChI is InChI=1S/C20H25N3O3S/c24-18(21-14-6-2-1-3-7-14)12-23(15-10-11-15)19(25)13-27-20-22-16-8-4-5-9-17(16)26-20/h4-5,8-9,14-15H,1-3,6-7,10-13H2,(H,21,24). The van der Waals surface area contributed by atoms with E-state index in [-0.39, 0.29) is 36.2 Å². The van der Waals surface area contributed by atoms with Gasteiger partial charge in [0, 0.05) is 12.1 Å². The third-order valence-electron chi connectivity index (χ3n) is 5.19. The first-order valence-electron chi connectivity index (χ1n) is 9.76. The average molecular weight is 388 g/mol. The monoisotopic (exact) mass is 387 g/mol. The van der Waals surface area contributed by atoms with Gasteiger partial charge in [-0.1, -0.05) is 43.2 Å². The molecular formula is C20H25N3O3S. The summed E-state index contributed by atoms with van der Waals surface area (Å²) < 4.78 is 5.66. The van der Waals surface area contributed by atoms with Crippen molar-refractivity contribution >= 4 is 34.7 Å². The molecule has 2 saturated carbocycles. The molecule has 6 nitrogen and oxygen atoms in total. The average Bonchev–Trinajstić information content (AvgIpc) is 3.43. The zero-order valence-corrected chi connectivity index (χ0v) is 16.2. The van der Waals surface area contributed by atoms with Crippen molar-refractivity contribution in [2.75, 3.05) is 12.3 Å². The Morgan fingerprint density at radius 2 is 1.93 bits per heavy atom. The van der Waals surface area contributed by atoms with Crippen molar-refractivity contribution in [1.29, 1.82) is 0 Å². The van der Waals surface area contributed by atoms with E-state index in [0.29, 0.717) is 5.22 Å². The highest BCUT2D eigenvalue weighted by Gasteiger charge is 2.34. The molecule has 1 aromatic heterocycles. The molecule has 7 heteroatoms. The van der Waals surface area contributed by atoms with E-state index in [1.807, 2.05) is 24.3 Å². The number of nitrogens with one attached hydrogen (secondary N) is 1. The minimum atomic E-state index is -0.0333. The molecule has 144 valence electrons. The summed E-state index contributed by atoms with van der Waals surface area (Å²) in [5, 5.41) is 3.60. The Hall–Kier alpha value is -2.02. The van der Waals surface area contributed by atoms with Gasteiger partial charge in [-0.05, 0) is 37.8 Å². The highest BCUT2D eigenvalue weighted by molar-refractivity contribution is 7.99. The number of para-hydroxylation sites is 2. The number of carbonyl (C=O) groups excluding carboxylic acids is 2. The van der Waals surface area contributed by atoms with Crippen LogP contribution < -0.4 is 5.32 Å². The zero-order valence-electron chi connectivity index (χ0n) is 15.4. The van der Waals surface area contributed by atoms with Crippen LogP contribution in [-0.4, -0.2) is 46.1 Å². The van der Waals surface area contributed by atoms with Crippen molar-refractivity contribution in [3.63, 3.8) is 0 Å². The van der Waals surface area contributed by atoms with Crippen LogP contribution in [0.3, 0.4) is 0 Å². The van der Waals surface area contributed by atoms with Crippen LogP contribution in [0, 0.1) is 0 Å². The lowest BCUT2D eigenvalue weighted by atomic mass is 9.95. The number of hydrogen-bond donors (Lipinski definition) is 1. The molecule has 4 rings (SSSR count). The summed E-state index contributed by atoms with van der Waals surface area (Å²) in [6, 6.07) is 8.03. The second-order valence-corrected chi connectivity index (χ2v) is 8.32. The lowest BCUT2D eigenvalue weighted by Gasteiger charge is -2.26. The van der Waals surface area contributed by atoms with Gasteiger partial charge in [0.1, 0.15) is 5.52 Å². The second-order valence-electron chi connectivity index (χ2n) is 7.39. The van der Waals surface area contributed by atoms with Gasteiger partial charge in [-0.15, -0.1) is 0 Å². The summed E-state index contributed by atoms with van der Waals surface area (Å²) in [7, 11) is 0. The molecule has 0 unspecified atom stereocenters. The largest absolute Gasteiger partial charge is 0.431 e. The molecule has 2 aromatic rings. The summed E-state index contributed by atoms with van der Waals surface area (Å²) in [5.41, 5.74) is 1.51.